The van der Waals surface area contributed by atoms with Gasteiger partial charge in [0.1, 0.15) is 11.3 Å². The summed E-state index contributed by atoms with van der Waals surface area (Å²) >= 11 is 1.84. The van der Waals surface area contributed by atoms with Crippen molar-refractivity contribution in [3.05, 3.63) is 33.9 Å². The first kappa shape index (κ1) is 13.7. The fourth-order valence-corrected chi connectivity index (χ4v) is 3.29. The van der Waals surface area contributed by atoms with Gasteiger partial charge in [-0.15, -0.1) is 0 Å². The van der Waals surface area contributed by atoms with Crippen LogP contribution in [0.4, 0.5) is 11.4 Å². The van der Waals surface area contributed by atoms with Crippen molar-refractivity contribution in [2.24, 2.45) is 0 Å². The smallest absolute Gasteiger partial charge is 0.342 e. The number of nitrogens with one attached hydrogen (secondary N) is 1. The van der Waals surface area contributed by atoms with Crippen LogP contribution < -0.4 is 5.32 Å². The van der Waals surface area contributed by atoms with Gasteiger partial charge in [0.2, 0.25) is 0 Å². The highest BCUT2D eigenvalue weighted by atomic mass is 32.2. The van der Waals surface area contributed by atoms with Crippen LogP contribution in [0.1, 0.15) is 23.2 Å². The van der Waals surface area contributed by atoms with Crippen molar-refractivity contribution in [2.75, 3.05) is 17.6 Å². The maximum atomic E-state index is 11.0. The van der Waals surface area contributed by atoms with Gasteiger partial charge in [-0.05, 0) is 30.7 Å². The van der Waals surface area contributed by atoms with Crippen LogP contribution in [0.15, 0.2) is 18.2 Å². The molecule has 2 N–H and O–H groups in total. The number of nitrogens with zero attached hydrogens (tertiary/aromatic N) is 1. The number of hydrogen-bond donors (Lipinski definition) is 2. The first-order valence-electron chi connectivity index (χ1n) is 5.95. The number of thioether (sulfide) groups is 1. The third kappa shape index (κ3) is 3.17. The monoisotopic (exact) mass is 282 g/mol. The van der Waals surface area contributed by atoms with Crippen LogP contribution in [-0.2, 0) is 0 Å². The normalized spacial score (nSPS) is 18.2. The molecule has 7 heteroatoms. The molecular formula is C12H14N2O4S. The molecule has 0 spiro atoms. The molecule has 0 saturated carbocycles. The lowest BCUT2D eigenvalue weighted by Crippen LogP contribution is -2.15. The summed E-state index contributed by atoms with van der Waals surface area (Å²) in [7, 11) is 0. The SMILES string of the molecule is O=C(O)c1cccc(NCC2CCCS2)c1[N+](=O)[O-]. The fraction of sp³-hybridized carbons (Fsp3) is 0.417. The highest BCUT2D eigenvalue weighted by Gasteiger charge is 2.25. The van der Waals surface area contributed by atoms with E-state index in [0.717, 1.165) is 18.6 Å². The van der Waals surface area contributed by atoms with Gasteiger partial charge in [-0.2, -0.15) is 11.8 Å². The summed E-state index contributed by atoms with van der Waals surface area (Å²) in [5.41, 5.74) is -0.371. The van der Waals surface area contributed by atoms with Crippen molar-refractivity contribution in [2.45, 2.75) is 18.1 Å². The predicted octanol–water partition coefficient (Wildman–Crippen LogP) is 2.60. The number of hydrogen-bond acceptors (Lipinski definition) is 5. The zero-order chi connectivity index (χ0) is 13.8. The molecule has 0 aromatic heterocycles. The van der Waals surface area contributed by atoms with Crippen molar-refractivity contribution in [3.63, 3.8) is 0 Å². The fourth-order valence-electron chi connectivity index (χ4n) is 2.08. The van der Waals surface area contributed by atoms with Crippen molar-refractivity contribution < 1.29 is 14.8 Å². The van der Waals surface area contributed by atoms with E-state index in [4.69, 9.17) is 5.11 Å². The second kappa shape index (κ2) is 5.92. The second-order valence-electron chi connectivity index (χ2n) is 4.28. The standard InChI is InChI=1S/C12H14N2O4S/c15-12(16)9-4-1-5-10(11(9)14(17)18)13-7-8-3-2-6-19-8/h1,4-5,8,13H,2-3,6-7H2,(H,15,16). The zero-order valence-electron chi connectivity index (χ0n) is 10.2. The van der Waals surface area contributed by atoms with Crippen molar-refractivity contribution in [1.29, 1.82) is 0 Å². The van der Waals surface area contributed by atoms with Crippen LogP contribution in [0, 0.1) is 10.1 Å². The van der Waals surface area contributed by atoms with Crippen LogP contribution >= 0.6 is 11.8 Å². The maximum Gasteiger partial charge on any atom is 0.342 e. The molecule has 1 aromatic carbocycles. The molecule has 1 unspecified atom stereocenters. The molecule has 0 aliphatic carbocycles. The summed E-state index contributed by atoms with van der Waals surface area (Å²) in [6.07, 6.45) is 2.25. The third-order valence-electron chi connectivity index (χ3n) is 2.99. The molecule has 2 rings (SSSR count). The molecular weight excluding hydrogens is 268 g/mol. The molecule has 1 saturated heterocycles. The largest absolute Gasteiger partial charge is 0.477 e. The number of carbonyl (C=O) groups is 1. The summed E-state index contributed by atoms with van der Waals surface area (Å²) in [5.74, 6) is -0.172. The summed E-state index contributed by atoms with van der Waals surface area (Å²) in [6, 6.07) is 4.31. The van der Waals surface area contributed by atoms with E-state index in [2.05, 4.69) is 5.32 Å². The highest BCUT2D eigenvalue weighted by Crippen LogP contribution is 2.31. The number of carboxylic acid groups (broad SMARTS) is 1. The van der Waals surface area contributed by atoms with Crippen LogP contribution in [-0.4, -0.2) is 33.5 Å². The minimum atomic E-state index is -1.29. The Morgan fingerprint density at radius 2 is 2.37 bits per heavy atom. The average molecular weight is 282 g/mol. The summed E-state index contributed by atoms with van der Waals surface area (Å²) in [6.45, 7) is 0.620. The number of anilines is 1. The summed E-state index contributed by atoms with van der Waals surface area (Å²) in [4.78, 5) is 21.4. The number of para-hydroxylation sites is 1. The number of nitro benzene ring substituents is 1. The Morgan fingerprint density at radius 1 is 1.58 bits per heavy atom. The Bertz CT molecular complexity index is 501. The van der Waals surface area contributed by atoms with Gasteiger partial charge < -0.3 is 10.4 Å². The first-order valence-corrected chi connectivity index (χ1v) is 7.00. The van der Waals surface area contributed by atoms with E-state index in [1.165, 1.54) is 12.1 Å². The topological polar surface area (TPSA) is 92.5 Å². The molecule has 1 heterocycles. The lowest BCUT2D eigenvalue weighted by Gasteiger charge is -2.12. The lowest BCUT2D eigenvalue weighted by atomic mass is 10.1. The first-order chi connectivity index (χ1) is 9.09. The van der Waals surface area contributed by atoms with E-state index < -0.39 is 10.9 Å². The Hall–Kier alpha value is -1.76. The van der Waals surface area contributed by atoms with Gasteiger partial charge in [0.15, 0.2) is 0 Å². The van der Waals surface area contributed by atoms with E-state index in [-0.39, 0.29) is 16.9 Å². The molecule has 102 valence electrons. The molecule has 1 aliphatic rings. The number of benzene rings is 1. The second-order valence-corrected chi connectivity index (χ2v) is 5.69. The van der Waals surface area contributed by atoms with Gasteiger partial charge in [0.05, 0.1) is 4.92 Å². The van der Waals surface area contributed by atoms with Gasteiger partial charge in [-0.1, -0.05) is 6.07 Å². The molecule has 1 atom stereocenters. The number of carboxylic acids is 1. The van der Waals surface area contributed by atoms with Gasteiger partial charge in [0.25, 0.3) is 0 Å². The third-order valence-corrected chi connectivity index (χ3v) is 4.39. The van der Waals surface area contributed by atoms with E-state index >= 15 is 0 Å². The van der Waals surface area contributed by atoms with Gasteiger partial charge in [0, 0.05) is 11.8 Å². The van der Waals surface area contributed by atoms with Gasteiger partial charge in [-0.25, -0.2) is 4.79 Å². The zero-order valence-corrected chi connectivity index (χ0v) is 11.0. The average Bonchev–Trinajstić information content (AvgIpc) is 2.88. The van der Waals surface area contributed by atoms with Crippen molar-refractivity contribution in [1.82, 2.24) is 0 Å². The lowest BCUT2D eigenvalue weighted by molar-refractivity contribution is -0.384. The van der Waals surface area contributed by atoms with Crippen LogP contribution in [0.2, 0.25) is 0 Å². The predicted molar refractivity (Wildman–Crippen MR) is 74.0 cm³/mol. The molecule has 0 bridgehead atoms. The Morgan fingerprint density at radius 3 is 2.95 bits per heavy atom. The number of nitro groups is 1. The van der Waals surface area contributed by atoms with E-state index in [1.54, 1.807) is 6.07 Å². The molecule has 0 radical (unpaired) electrons. The van der Waals surface area contributed by atoms with Gasteiger partial charge >= 0.3 is 11.7 Å². The molecule has 1 aromatic rings. The van der Waals surface area contributed by atoms with E-state index in [1.807, 2.05) is 11.8 Å². The Kier molecular flexibility index (Phi) is 4.26. The number of rotatable bonds is 5. The molecule has 1 fully saturated rings. The minimum absolute atomic E-state index is 0.275. The quantitative estimate of drug-likeness (QED) is 0.637. The Balaban J connectivity index is 2.20. The number of aromatic carboxylic acids is 1. The minimum Gasteiger partial charge on any atom is -0.477 e. The molecule has 6 nitrogen and oxygen atoms in total. The summed E-state index contributed by atoms with van der Waals surface area (Å²) in [5, 5.41) is 23.5. The van der Waals surface area contributed by atoms with Crippen LogP contribution in [0.3, 0.4) is 0 Å². The molecule has 1 aliphatic heterocycles. The van der Waals surface area contributed by atoms with Crippen LogP contribution in [0.5, 0.6) is 0 Å². The highest BCUT2D eigenvalue weighted by molar-refractivity contribution is 8.00. The van der Waals surface area contributed by atoms with Gasteiger partial charge in [-0.3, -0.25) is 10.1 Å². The van der Waals surface area contributed by atoms with Crippen LogP contribution in [0.25, 0.3) is 0 Å². The van der Waals surface area contributed by atoms with Crippen molar-refractivity contribution in [3.8, 4) is 0 Å². The molecule has 19 heavy (non-hydrogen) atoms. The summed E-state index contributed by atoms with van der Waals surface area (Å²) < 4.78 is 0. The maximum absolute atomic E-state index is 11.0. The Labute approximate surface area is 114 Å². The molecule has 0 amide bonds. The van der Waals surface area contributed by atoms with E-state index in [9.17, 15) is 14.9 Å². The van der Waals surface area contributed by atoms with E-state index in [0.29, 0.717) is 11.8 Å². The van der Waals surface area contributed by atoms with Crippen molar-refractivity contribution >= 4 is 29.1 Å².